The standard InChI is InChI=1S/C18H23N5/c1-3-15-16(9-20-10-18(15)22-6-2-5-19-12-22)17(4-1)23-11-13-7-14(23)8-21-13/h1,3-4,9-10,13-14,19,21H,2,5-8,11-12H2/t13-,14-/m1/s1. The van der Waals surface area contributed by atoms with Crippen LogP contribution in [0.15, 0.2) is 30.6 Å². The quantitative estimate of drug-likeness (QED) is 0.881. The highest BCUT2D eigenvalue weighted by molar-refractivity contribution is 6.01. The van der Waals surface area contributed by atoms with Gasteiger partial charge >= 0.3 is 0 Å². The number of fused-ring (bicyclic) bond motifs is 3. The average molecular weight is 309 g/mol. The predicted molar refractivity (Wildman–Crippen MR) is 94.1 cm³/mol. The molecule has 0 saturated carbocycles. The molecule has 3 saturated heterocycles. The fourth-order valence-corrected chi connectivity index (χ4v) is 4.42. The fourth-order valence-electron chi connectivity index (χ4n) is 4.42. The van der Waals surface area contributed by atoms with E-state index >= 15 is 0 Å². The third-order valence-electron chi connectivity index (χ3n) is 5.55. The summed E-state index contributed by atoms with van der Waals surface area (Å²) < 4.78 is 0. The van der Waals surface area contributed by atoms with Crippen LogP contribution < -0.4 is 20.4 Å². The zero-order chi connectivity index (χ0) is 15.2. The van der Waals surface area contributed by atoms with Gasteiger partial charge in [-0.15, -0.1) is 0 Å². The number of piperazine rings is 1. The van der Waals surface area contributed by atoms with Crippen LogP contribution in [0.2, 0.25) is 0 Å². The highest BCUT2D eigenvalue weighted by Crippen LogP contribution is 2.37. The summed E-state index contributed by atoms with van der Waals surface area (Å²) in [7, 11) is 0. The van der Waals surface area contributed by atoms with Crippen molar-refractivity contribution in [2.75, 3.05) is 42.6 Å². The second-order valence-electron chi connectivity index (χ2n) is 6.95. The molecule has 5 heteroatoms. The molecular formula is C18H23N5. The first-order chi connectivity index (χ1) is 11.4. The van der Waals surface area contributed by atoms with Crippen LogP contribution in [0, 0.1) is 0 Å². The number of aromatic nitrogens is 1. The van der Waals surface area contributed by atoms with Crippen molar-refractivity contribution in [3.05, 3.63) is 30.6 Å². The molecule has 0 amide bonds. The largest absolute Gasteiger partial charge is 0.365 e. The molecule has 0 unspecified atom stereocenters. The van der Waals surface area contributed by atoms with E-state index in [1.54, 1.807) is 0 Å². The summed E-state index contributed by atoms with van der Waals surface area (Å²) in [6.45, 7) is 5.38. The van der Waals surface area contributed by atoms with Crippen molar-refractivity contribution < 1.29 is 0 Å². The highest BCUT2D eigenvalue weighted by Gasteiger charge is 2.38. The van der Waals surface area contributed by atoms with E-state index in [2.05, 4.69) is 43.6 Å². The molecule has 1 aromatic carbocycles. The van der Waals surface area contributed by atoms with Crippen molar-refractivity contribution in [2.45, 2.75) is 24.9 Å². The van der Waals surface area contributed by atoms with Gasteiger partial charge in [-0.2, -0.15) is 0 Å². The summed E-state index contributed by atoms with van der Waals surface area (Å²) in [6.07, 6.45) is 6.54. The van der Waals surface area contributed by atoms with Gasteiger partial charge in [0.2, 0.25) is 0 Å². The van der Waals surface area contributed by atoms with E-state index in [4.69, 9.17) is 0 Å². The lowest BCUT2D eigenvalue weighted by Crippen LogP contribution is -2.43. The van der Waals surface area contributed by atoms with Crippen LogP contribution in [0.1, 0.15) is 12.8 Å². The molecule has 0 spiro atoms. The van der Waals surface area contributed by atoms with Crippen molar-refractivity contribution in [3.63, 3.8) is 0 Å². The summed E-state index contributed by atoms with van der Waals surface area (Å²) in [5, 5.41) is 9.69. The van der Waals surface area contributed by atoms with Crippen LogP contribution in [0.5, 0.6) is 0 Å². The van der Waals surface area contributed by atoms with Gasteiger partial charge in [-0.25, -0.2) is 0 Å². The van der Waals surface area contributed by atoms with E-state index in [1.807, 2.05) is 12.4 Å². The topological polar surface area (TPSA) is 43.4 Å². The third-order valence-corrected chi connectivity index (χ3v) is 5.55. The highest BCUT2D eigenvalue weighted by atomic mass is 15.3. The monoisotopic (exact) mass is 309 g/mol. The van der Waals surface area contributed by atoms with Crippen LogP contribution in [0.4, 0.5) is 11.4 Å². The molecular weight excluding hydrogens is 286 g/mol. The number of benzene rings is 1. The molecule has 2 N–H and O–H groups in total. The molecule has 5 rings (SSSR count). The number of hydrogen-bond donors (Lipinski definition) is 2. The Hall–Kier alpha value is -1.85. The van der Waals surface area contributed by atoms with E-state index in [0.29, 0.717) is 12.1 Å². The molecule has 2 atom stereocenters. The normalized spacial score (nSPS) is 27.1. The number of rotatable bonds is 2. The smallest absolute Gasteiger partial charge is 0.0682 e. The first-order valence-corrected chi connectivity index (χ1v) is 8.72. The van der Waals surface area contributed by atoms with Gasteiger partial charge in [0.1, 0.15) is 0 Å². The van der Waals surface area contributed by atoms with Gasteiger partial charge in [-0.3, -0.25) is 10.3 Å². The minimum absolute atomic E-state index is 0.644. The van der Waals surface area contributed by atoms with Crippen LogP contribution in [-0.4, -0.2) is 49.9 Å². The summed E-state index contributed by atoms with van der Waals surface area (Å²) in [6, 6.07) is 8.03. The van der Waals surface area contributed by atoms with Crippen molar-refractivity contribution in [1.29, 1.82) is 0 Å². The molecule has 23 heavy (non-hydrogen) atoms. The zero-order valence-corrected chi connectivity index (χ0v) is 13.3. The number of hydrogen-bond acceptors (Lipinski definition) is 5. The second-order valence-corrected chi connectivity index (χ2v) is 6.95. The summed E-state index contributed by atoms with van der Waals surface area (Å²) in [5.41, 5.74) is 2.62. The molecule has 2 bridgehead atoms. The maximum absolute atomic E-state index is 4.57. The van der Waals surface area contributed by atoms with Crippen molar-refractivity contribution in [1.82, 2.24) is 15.6 Å². The SMILES string of the molecule is c1cc(N2C[C@H]3C[C@@H]2CN3)c2cncc(N3CCCNC3)c2c1. The van der Waals surface area contributed by atoms with Crippen LogP contribution in [-0.2, 0) is 0 Å². The maximum Gasteiger partial charge on any atom is 0.0682 e. The van der Waals surface area contributed by atoms with E-state index in [0.717, 1.165) is 32.8 Å². The van der Waals surface area contributed by atoms with E-state index in [-0.39, 0.29) is 0 Å². The maximum atomic E-state index is 4.57. The molecule has 0 aliphatic carbocycles. The molecule has 4 heterocycles. The summed E-state index contributed by atoms with van der Waals surface area (Å²) in [4.78, 5) is 9.57. The minimum atomic E-state index is 0.644. The molecule has 5 nitrogen and oxygen atoms in total. The Kier molecular flexibility index (Phi) is 3.16. The van der Waals surface area contributed by atoms with Gasteiger partial charge in [-0.1, -0.05) is 12.1 Å². The van der Waals surface area contributed by atoms with Gasteiger partial charge in [-0.05, 0) is 25.5 Å². The first-order valence-electron chi connectivity index (χ1n) is 8.72. The first kappa shape index (κ1) is 13.6. The average Bonchev–Trinajstić information content (AvgIpc) is 3.25. The summed E-state index contributed by atoms with van der Waals surface area (Å²) >= 11 is 0. The Balaban J connectivity index is 1.59. The number of nitrogens with one attached hydrogen (secondary N) is 2. The number of pyridine rings is 1. The lowest BCUT2D eigenvalue weighted by molar-refractivity contribution is 0.553. The molecule has 1 aromatic heterocycles. The predicted octanol–water partition coefficient (Wildman–Crippen LogP) is 1.54. The molecule has 120 valence electrons. The van der Waals surface area contributed by atoms with Gasteiger partial charge < -0.3 is 15.1 Å². The van der Waals surface area contributed by atoms with E-state index in [1.165, 1.54) is 35.0 Å². The van der Waals surface area contributed by atoms with Crippen LogP contribution in [0.25, 0.3) is 10.8 Å². The molecule has 2 aromatic rings. The van der Waals surface area contributed by atoms with Crippen molar-refractivity contribution >= 4 is 22.1 Å². The van der Waals surface area contributed by atoms with Gasteiger partial charge in [0, 0.05) is 54.4 Å². The molecule has 3 aliphatic heterocycles. The lowest BCUT2D eigenvalue weighted by atomic mass is 10.1. The van der Waals surface area contributed by atoms with Crippen LogP contribution >= 0.6 is 0 Å². The Morgan fingerprint density at radius 3 is 2.91 bits per heavy atom. The minimum Gasteiger partial charge on any atom is -0.365 e. The summed E-state index contributed by atoms with van der Waals surface area (Å²) in [5.74, 6) is 0. The van der Waals surface area contributed by atoms with Gasteiger partial charge in [0.05, 0.1) is 18.6 Å². The van der Waals surface area contributed by atoms with Gasteiger partial charge in [0.25, 0.3) is 0 Å². The molecule has 3 fully saturated rings. The van der Waals surface area contributed by atoms with Crippen molar-refractivity contribution in [3.8, 4) is 0 Å². The van der Waals surface area contributed by atoms with Crippen LogP contribution in [0.3, 0.4) is 0 Å². The number of anilines is 2. The molecule has 3 aliphatic rings. The lowest BCUT2D eigenvalue weighted by Gasteiger charge is -2.32. The molecule has 0 radical (unpaired) electrons. The van der Waals surface area contributed by atoms with E-state index in [9.17, 15) is 0 Å². The Labute approximate surface area is 136 Å². The Bertz CT molecular complexity index is 724. The fraction of sp³-hybridized carbons (Fsp3) is 0.500. The van der Waals surface area contributed by atoms with Crippen molar-refractivity contribution in [2.24, 2.45) is 0 Å². The van der Waals surface area contributed by atoms with Gasteiger partial charge in [0.15, 0.2) is 0 Å². The van der Waals surface area contributed by atoms with E-state index < -0.39 is 0 Å². The zero-order valence-electron chi connectivity index (χ0n) is 13.3. The number of nitrogens with zero attached hydrogens (tertiary/aromatic N) is 3. The Morgan fingerprint density at radius 1 is 1.13 bits per heavy atom. The Morgan fingerprint density at radius 2 is 2.13 bits per heavy atom. The second kappa shape index (κ2) is 5.35. The third kappa shape index (κ3) is 2.18.